The van der Waals surface area contributed by atoms with Gasteiger partial charge in [-0.25, -0.2) is 0 Å². The van der Waals surface area contributed by atoms with Crippen molar-refractivity contribution in [2.45, 2.75) is 19.5 Å². The second-order valence-electron chi connectivity index (χ2n) is 7.25. The maximum Gasteiger partial charge on any atom is 0.228 e. The molecule has 0 bridgehead atoms. The maximum absolute atomic E-state index is 12.8. The quantitative estimate of drug-likeness (QED) is 0.786. The monoisotopic (exact) mass is 366 g/mol. The van der Waals surface area contributed by atoms with Gasteiger partial charge in [-0.15, -0.1) is 0 Å². The third kappa shape index (κ3) is 4.64. The highest BCUT2D eigenvalue weighted by molar-refractivity contribution is 5.89. The van der Waals surface area contributed by atoms with Crippen molar-refractivity contribution >= 4 is 17.5 Å². The fourth-order valence-corrected chi connectivity index (χ4v) is 3.34. The topological polar surface area (TPSA) is 56.8 Å². The summed E-state index contributed by atoms with van der Waals surface area (Å²) in [4.78, 5) is 34.8. The van der Waals surface area contributed by atoms with Gasteiger partial charge < -0.3 is 14.7 Å². The van der Waals surface area contributed by atoms with E-state index in [9.17, 15) is 9.59 Å². The molecule has 6 heteroatoms. The Hall–Kier alpha value is -2.89. The van der Waals surface area contributed by atoms with Crippen molar-refractivity contribution in [2.75, 3.05) is 32.6 Å². The van der Waals surface area contributed by atoms with E-state index >= 15 is 0 Å². The van der Waals surface area contributed by atoms with Crippen molar-refractivity contribution in [3.63, 3.8) is 0 Å². The average molecular weight is 366 g/mol. The second kappa shape index (κ2) is 8.20. The fraction of sp³-hybridized carbons (Fsp3) is 0.381. The van der Waals surface area contributed by atoms with Crippen LogP contribution in [0.3, 0.4) is 0 Å². The summed E-state index contributed by atoms with van der Waals surface area (Å²) in [6.45, 7) is 1.45. The molecule has 3 rings (SSSR count). The van der Waals surface area contributed by atoms with Crippen LogP contribution in [-0.2, 0) is 22.7 Å². The minimum atomic E-state index is -0.285. The number of carbonyl (C=O) groups excluding carboxylic acids is 2. The van der Waals surface area contributed by atoms with Crippen LogP contribution in [0.1, 0.15) is 17.7 Å². The first-order valence-electron chi connectivity index (χ1n) is 9.13. The summed E-state index contributed by atoms with van der Waals surface area (Å²) in [5.41, 5.74) is 3.04. The Balaban J connectivity index is 1.57. The molecule has 0 saturated carbocycles. The van der Waals surface area contributed by atoms with Gasteiger partial charge in [0.15, 0.2) is 0 Å². The lowest BCUT2D eigenvalue weighted by molar-refractivity contribution is -0.135. The Labute approximate surface area is 160 Å². The molecule has 1 atom stereocenters. The molecule has 2 aromatic rings. The molecule has 1 saturated heterocycles. The number of anilines is 1. The lowest BCUT2D eigenvalue weighted by Gasteiger charge is -2.22. The highest BCUT2D eigenvalue weighted by Gasteiger charge is 2.35. The molecule has 2 heterocycles. The van der Waals surface area contributed by atoms with Gasteiger partial charge in [0.2, 0.25) is 11.8 Å². The van der Waals surface area contributed by atoms with Gasteiger partial charge in [0.05, 0.1) is 18.2 Å². The summed E-state index contributed by atoms with van der Waals surface area (Å²) in [6.07, 6.45) is 1.99. The summed E-state index contributed by atoms with van der Waals surface area (Å²) < 4.78 is 0. The fourth-order valence-electron chi connectivity index (χ4n) is 3.34. The number of carbonyl (C=O) groups is 2. The Morgan fingerprint density at radius 1 is 1.15 bits per heavy atom. The largest absolute Gasteiger partial charge is 0.378 e. The molecule has 0 aliphatic carbocycles. The van der Waals surface area contributed by atoms with Crippen LogP contribution in [0.15, 0.2) is 48.7 Å². The SMILES string of the molecule is CN(Cc1ccc(N(C)C)cc1)C(=O)[C@H]1CC(=O)N(Cc2ccccn2)C1. The van der Waals surface area contributed by atoms with Gasteiger partial charge in [0.25, 0.3) is 0 Å². The number of aromatic nitrogens is 1. The summed E-state index contributed by atoms with van der Waals surface area (Å²) >= 11 is 0. The number of hydrogen-bond donors (Lipinski definition) is 0. The van der Waals surface area contributed by atoms with Gasteiger partial charge in [-0.2, -0.15) is 0 Å². The average Bonchev–Trinajstić information content (AvgIpc) is 3.02. The van der Waals surface area contributed by atoms with Crippen LogP contribution in [0, 0.1) is 5.92 Å². The van der Waals surface area contributed by atoms with Crippen molar-refractivity contribution in [2.24, 2.45) is 5.92 Å². The first-order chi connectivity index (χ1) is 12.9. The molecule has 0 spiro atoms. The van der Waals surface area contributed by atoms with Crippen molar-refractivity contribution in [3.8, 4) is 0 Å². The van der Waals surface area contributed by atoms with Gasteiger partial charge in [-0.3, -0.25) is 14.6 Å². The summed E-state index contributed by atoms with van der Waals surface area (Å²) in [6, 6.07) is 13.8. The minimum Gasteiger partial charge on any atom is -0.378 e. The minimum absolute atomic E-state index is 0.0164. The molecular formula is C21H26N4O2. The van der Waals surface area contributed by atoms with Crippen molar-refractivity contribution in [1.29, 1.82) is 0 Å². The van der Waals surface area contributed by atoms with E-state index in [0.717, 1.165) is 16.9 Å². The standard InChI is InChI=1S/C21H26N4O2/c1-23(2)19-9-7-16(8-10-19)13-24(3)21(27)17-12-20(26)25(14-17)15-18-6-4-5-11-22-18/h4-11,17H,12-15H2,1-3H3/t17-/m0/s1. The van der Waals surface area contributed by atoms with Crippen LogP contribution in [0.4, 0.5) is 5.69 Å². The van der Waals surface area contributed by atoms with E-state index in [0.29, 0.717) is 19.6 Å². The molecule has 1 aromatic heterocycles. The molecule has 1 aliphatic rings. The van der Waals surface area contributed by atoms with Crippen molar-refractivity contribution in [1.82, 2.24) is 14.8 Å². The van der Waals surface area contributed by atoms with Crippen molar-refractivity contribution < 1.29 is 9.59 Å². The molecule has 0 unspecified atom stereocenters. The zero-order valence-corrected chi connectivity index (χ0v) is 16.1. The first kappa shape index (κ1) is 18.9. The van der Waals surface area contributed by atoms with Gasteiger partial charge >= 0.3 is 0 Å². The van der Waals surface area contributed by atoms with Crippen LogP contribution in [0.25, 0.3) is 0 Å². The maximum atomic E-state index is 12.8. The third-order valence-corrected chi connectivity index (χ3v) is 4.89. The van der Waals surface area contributed by atoms with E-state index in [1.807, 2.05) is 61.5 Å². The Morgan fingerprint density at radius 3 is 2.52 bits per heavy atom. The van der Waals surface area contributed by atoms with Gasteiger partial charge in [-0.1, -0.05) is 18.2 Å². The molecule has 1 fully saturated rings. The van der Waals surface area contributed by atoms with Gasteiger partial charge in [0.1, 0.15) is 0 Å². The van der Waals surface area contributed by atoms with Crippen molar-refractivity contribution in [3.05, 3.63) is 59.9 Å². The molecular weight excluding hydrogens is 340 g/mol. The van der Waals surface area contributed by atoms with Crippen LogP contribution in [0.2, 0.25) is 0 Å². The highest BCUT2D eigenvalue weighted by Crippen LogP contribution is 2.22. The second-order valence-corrected chi connectivity index (χ2v) is 7.25. The highest BCUT2D eigenvalue weighted by atomic mass is 16.2. The van der Waals surface area contributed by atoms with Crippen LogP contribution in [-0.4, -0.2) is 54.3 Å². The van der Waals surface area contributed by atoms with E-state index in [-0.39, 0.29) is 24.2 Å². The molecule has 0 N–H and O–H groups in total. The molecule has 27 heavy (non-hydrogen) atoms. The molecule has 2 amide bonds. The van der Waals surface area contributed by atoms with E-state index in [1.165, 1.54) is 0 Å². The molecule has 1 aromatic carbocycles. The zero-order valence-electron chi connectivity index (χ0n) is 16.1. The number of hydrogen-bond acceptors (Lipinski definition) is 4. The summed E-state index contributed by atoms with van der Waals surface area (Å²) in [5, 5.41) is 0. The van der Waals surface area contributed by atoms with Crippen LogP contribution < -0.4 is 4.90 Å². The molecule has 142 valence electrons. The summed E-state index contributed by atoms with van der Waals surface area (Å²) in [7, 11) is 5.80. The molecule has 1 aliphatic heterocycles. The van der Waals surface area contributed by atoms with Crippen LogP contribution >= 0.6 is 0 Å². The Bertz CT molecular complexity index is 790. The van der Waals surface area contributed by atoms with E-state index < -0.39 is 0 Å². The van der Waals surface area contributed by atoms with Crippen LogP contribution in [0.5, 0.6) is 0 Å². The predicted molar refractivity (Wildman–Crippen MR) is 105 cm³/mol. The van der Waals surface area contributed by atoms with E-state index in [4.69, 9.17) is 0 Å². The smallest absolute Gasteiger partial charge is 0.228 e. The number of amides is 2. The van der Waals surface area contributed by atoms with Gasteiger partial charge in [-0.05, 0) is 29.8 Å². The Morgan fingerprint density at radius 2 is 1.89 bits per heavy atom. The molecule has 0 radical (unpaired) electrons. The molecule has 6 nitrogen and oxygen atoms in total. The Kier molecular flexibility index (Phi) is 5.74. The number of benzene rings is 1. The van der Waals surface area contributed by atoms with Gasteiger partial charge in [0, 0.05) is 52.5 Å². The first-order valence-corrected chi connectivity index (χ1v) is 9.13. The number of likely N-dealkylation sites (tertiary alicyclic amines) is 1. The summed E-state index contributed by atoms with van der Waals surface area (Å²) in [5.74, 6) is -0.251. The number of nitrogens with zero attached hydrogens (tertiary/aromatic N) is 4. The lowest BCUT2D eigenvalue weighted by atomic mass is 10.1. The lowest BCUT2D eigenvalue weighted by Crippen LogP contribution is -2.34. The normalized spacial score (nSPS) is 16.5. The van der Waals surface area contributed by atoms with E-state index in [1.54, 1.807) is 23.0 Å². The third-order valence-electron chi connectivity index (χ3n) is 4.89. The number of pyridine rings is 1. The zero-order chi connectivity index (χ0) is 19.4. The number of rotatable bonds is 6. The van der Waals surface area contributed by atoms with E-state index in [2.05, 4.69) is 4.98 Å². The predicted octanol–water partition coefficient (Wildman–Crippen LogP) is 2.15.